The molecule has 0 fully saturated rings. The van der Waals surface area contributed by atoms with Gasteiger partial charge in [0, 0.05) is 23.1 Å². The molecule has 2 nitrogen and oxygen atoms in total. The van der Waals surface area contributed by atoms with E-state index in [2.05, 4.69) is 147 Å². The predicted molar refractivity (Wildman–Crippen MR) is 193 cm³/mol. The highest BCUT2D eigenvalue weighted by atomic mass is 16.5. The fourth-order valence-corrected chi connectivity index (χ4v) is 7.92. The second kappa shape index (κ2) is 10.7. The zero-order valence-corrected chi connectivity index (χ0v) is 26.2. The predicted octanol–water partition coefficient (Wildman–Crippen LogP) is 11.7. The van der Waals surface area contributed by atoms with Crippen LogP contribution in [0.5, 0.6) is 5.75 Å². The van der Waals surface area contributed by atoms with Crippen LogP contribution in [-0.2, 0) is 6.42 Å². The van der Waals surface area contributed by atoms with Crippen LogP contribution in [0, 0.1) is 17.8 Å². The molecule has 0 N–H and O–H groups in total. The van der Waals surface area contributed by atoms with Gasteiger partial charge in [0.25, 0.3) is 0 Å². The molecule has 0 saturated heterocycles. The molecule has 3 aliphatic rings. The van der Waals surface area contributed by atoms with E-state index in [1.54, 1.807) is 0 Å². The van der Waals surface area contributed by atoms with Crippen LogP contribution in [0.25, 0.3) is 54.9 Å². The maximum Gasteiger partial charge on any atom is 0.132 e. The van der Waals surface area contributed by atoms with Crippen molar-refractivity contribution in [3.05, 3.63) is 145 Å². The van der Waals surface area contributed by atoms with Crippen molar-refractivity contribution in [1.29, 1.82) is 0 Å². The Morgan fingerprint density at radius 3 is 1.87 bits per heavy atom. The zero-order chi connectivity index (χ0) is 30.8. The van der Waals surface area contributed by atoms with Gasteiger partial charge in [0.1, 0.15) is 11.5 Å². The van der Waals surface area contributed by atoms with E-state index in [-0.39, 0.29) is 0 Å². The molecule has 46 heavy (non-hydrogen) atoms. The fraction of sp³-hybridized carbons (Fsp3) is 0.159. The fourth-order valence-electron chi connectivity index (χ4n) is 7.92. The van der Waals surface area contributed by atoms with E-state index in [4.69, 9.17) is 9.73 Å². The van der Waals surface area contributed by atoms with Gasteiger partial charge in [-0.3, -0.25) is 4.99 Å². The molecule has 2 bridgehead atoms. The molecule has 0 amide bonds. The molecule has 6 aromatic rings. The average molecular weight is 594 g/mol. The number of rotatable bonds is 4. The van der Waals surface area contributed by atoms with Gasteiger partial charge in [-0.15, -0.1) is 0 Å². The summed E-state index contributed by atoms with van der Waals surface area (Å²) in [5, 5.41) is 4.99. The van der Waals surface area contributed by atoms with Crippen molar-refractivity contribution in [3.8, 4) is 39.1 Å². The number of hydrogen-bond acceptors (Lipinski definition) is 2. The zero-order valence-electron chi connectivity index (χ0n) is 26.2. The lowest BCUT2D eigenvalue weighted by atomic mass is 9.72. The largest absolute Gasteiger partial charge is 0.461 e. The molecular formula is C44H35NO. The van der Waals surface area contributed by atoms with Crippen LogP contribution in [0.3, 0.4) is 0 Å². The molecule has 222 valence electrons. The highest BCUT2D eigenvalue weighted by molar-refractivity contribution is 5.95. The molecule has 9 rings (SSSR count). The van der Waals surface area contributed by atoms with Gasteiger partial charge in [0.05, 0.1) is 5.69 Å². The van der Waals surface area contributed by atoms with Crippen LogP contribution in [-0.4, -0.2) is 5.71 Å². The lowest BCUT2D eigenvalue weighted by Gasteiger charge is -2.33. The van der Waals surface area contributed by atoms with E-state index in [1.165, 1.54) is 60.6 Å². The minimum atomic E-state index is 0.323. The first-order valence-electron chi connectivity index (χ1n) is 16.6. The molecule has 2 aliphatic heterocycles. The van der Waals surface area contributed by atoms with Gasteiger partial charge in [0.2, 0.25) is 0 Å². The van der Waals surface area contributed by atoms with E-state index >= 15 is 0 Å². The molecular weight excluding hydrogens is 558 g/mol. The SMILES string of the molecule is CCC1=Nc2cc(-c3cc(-c4ccc5ccccc5c4)cc(-c4ccc5ccccc5c4)c3)cc3c2CC1[C@H]1C(=CC=CC1C)O3. The van der Waals surface area contributed by atoms with Gasteiger partial charge in [0.15, 0.2) is 0 Å². The number of ether oxygens (including phenoxy) is 1. The topological polar surface area (TPSA) is 21.6 Å². The van der Waals surface area contributed by atoms with Crippen LogP contribution < -0.4 is 4.74 Å². The summed E-state index contributed by atoms with van der Waals surface area (Å²) in [6.45, 7) is 4.56. The second-order valence-electron chi connectivity index (χ2n) is 13.1. The highest BCUT2D eigenvalue weighted by Crippen LogP contribution is 2.49. The third-order valence-corrected chi connectivity index (χ3v) is 10.3. The molecule has 2 unspecified atom stereocenters. The smallest absolute Gasteiger partial charge is 0.132 e. The minimum Gasteiger partial charge on any atom is -0.461 e. The molecule has 2 heteroatoms. The summed E-state index contributed by atoms with van der Waals surface area (Å²) in [5.74, 6) is 3.15. The first-order chi connectivity index (χ1) is 22.6. The van der Waals surface area contributed by atoms with Crippen molar-refractivity contribution in [2.45, 2.75) is 26.7 Å². The van der Waals surface area contributed by atoms with Crippen molar-refractivity contribution in [3.63, 3.8) is 0 Å². The molecule has 6 aromatic carbocycles. The van der Waals surface area contributed by atoms with E-state index in [9.17, 15) is 0 Å². The lowest BCUT2D eigenvalue weighted by molar-refractivity contribution is 0.282. The Morgan fingerprint density at radius 2 is 1.24 bits per heavy atom. The Balaban J connectivity index is 1.24. The quantitative estimate of drug-likeness (QED) is 0.199. The Morgan fingerprint density at radius 1 is 0.652 bits per heavy atom. The molecule has 0 spiro atoms. The van der Waals surface area contributed by atoms with E-state index in [0.717, 1.165) is 35.6 Å². The third-order valence-electron chi connectivity index (χ3n) is 10.3. The maximum absolute atomic E-state index is 6.84. The normalized spacial score (nSPS) is 19.7. The average Bonchev–Trinajstić information content (AvgIpc) is 3.26. The Labute approximate surface area is 270 Å². The summed E-state index contributed by atoms with van der Waals surface area (Å²) < 4.78 is 6.84. The standard InChI is InChI=1S/C44H35NO/c1-3-40-39-26-38-41(45-40)24-37(25-43(38)46-42-14-8-9-27(2)44(39)42)36-22-34(32-17-15-28-10-4-6-12-30(28)19-32)21-35(23-36)33-18-16-29-11-5-7-13-31(29)20-33/h4-25,27,39,44H,3,26H2,1-2H3/t27?,39?,44-/m0/s1. The van der Waals surface area contributed by atoms with Crippen molar-refractivity contribution >= 4 is 32.9 Å². The first kappa shape index (κ1) is 27.1. The van der Waals surface area contributed by atoms with E-state index in [0.29, 0.717) is 17.8 Å². The number of nitrogens with zero attached hydrogens (tertiary/aromatic N) is 1. The van der Waals surface area contributed by atoms with Crippen LogP contribution in [0.4, 0.5) is 5.69 Å². The van der Waals surface area contributed by atoms with E-state index in [1.807, 2.05) is 0 Å². The summed E-state index contributed by atoms with van der Waals surface area (Å²) in [5.41, 5.74) is 10.7. The van der Waals surface area contributed by atoms with Crippen molar-refractivity contribution in [2.75, 3.05) is 0 Å². The number of allylic oxidation sites excluding steroid dienone is 4. The second-order valence-corrected chi connectivity index (χ2v) is 13.1. The van der Waals surface area contributed by atoms with E-state index < -0.39 is 0 Å². The first-order valence-corrected chi connectivity index (χ1v) is 16.6. The summed E-state index contributed by atoms with van der Waals surface area (Å²) in [6.07, 6.45) is 8.59. The van der Waals surface area contributed by atoms with Crippen molar-refractivity contribution in [2.24, 2.45) is 22.7 Å². The number of hydrogen-bond donors (Lipinski definition) is 0. The van der Waals surface area contributed by atoms with Gasteiger partial charge < -0.3 is 4.74 Å². The molecule has 0 saturated carbocycles. The van der Waals surface area contributed by atoms with Gasteiger partial charge in [-0.05, 0) is 122 Å². The Kier molecular flexibility index (Phi) is 6.31. The number of fused-ring (bicyclic) bond motifs is 5. The highest BCUT2D eigenvalue weighted by Gasteiger charge is 2.40. The maximum atomic E-state index is 6.84. The molecule has 0 radical (unpaired) electrons. The monoisotopic (exact) mass is 593 g/mol. The Hall–Kier alpha value is -5.21. The van der Waals surface area contributed by atoms with Crippen molar-refractivity contribution < 1.29 is 4.74 Å². The van der Waals surface area contributed by atoms with Gasteiger partial charge in [-0.1, -0.05) is 98.8 Å². The van der Waals surface area contributed by atoms with Gasteiger partial charge in [-0.25, -0.2) is 0 Å². The van der Waals surface area contributed by atoms with Crippen LogP contribution in [0.1, 0.15) is 25.8 Å². The number of aliphatic imine (C=N–C) groups is 1. The van der Waals surface area contributed by atoms with Crippen LogP contribution in [0.2, 0.25) is 0 Å². The molecule has 2 heterocycles. The van der Waals surface area contributed by atoms with Crippen LogP contribution in [0.15, 0.2) is 144 Å². The van der Waals surface area contributed by atoms with Crippen molar-refractivity contribution in [1.82, 2.24) is 0 Å². The molecule has 3 atom stereocenters. The summed E-state index contributed by atoms with van der Waals surface area (Å²) >= 11 is 0. The third kappa shape index (κ3) is 4.51. The molecule has 0 aromatic heterocycles. The number of benzene rings is 6. The summed E-state index contributed by atoms with van der Waals surface area (Å²) in [4.78, 5) is 5.34. The van der Waals surface area contributed by atoms with Crippen LogP contribution >= 0.6 is 0 Å². The summed E-state index contributed by atoms with van der Waals surface area (Å²) in [6, 6.07) is 42.3. The summed E-state index contributed by atoms with van der Waals surface area (Å²) in [7, 11) is 0. The van der Waals surface area contributed by atoms with Gasteiger partial charge >= 0.3 is 0 Å². The molecule has 1 aliphatic carbocycles. The lowest BCUT2D eigenvalue weighted by Crippen LogP contribution is -2.33. The van der Waals surface area contributed by atoms with Gasteiger partial charge in [-0.2, -0.15) is 0 Å². The minimum absolute atomic E-state index is 0.323. The Bertz CT molecular complexity index is 2190.